The molecule has 1 heterocycles. The first-order chi connectivity index (χ1) is 8.91. The molecule has 1 aromatic rings. The van der Waals surface area contributed by atoms with E-state index in [1.54, 1.807) is 19.2 Å². The highest BCUT2D eigenvalue weighted by molar-refractivity contribution is 7.90. The predicted molar refractivity (Wildman–Crippen MR) is 76.2 cm³/mol. The topological polar surface area (TPSA) is 72.6 Å². The Bertz CT molecular complexity index is 557. The molecule has 1 aromatic carbocycles. The van der Waals surface area contributed by atoms with Gasteiger partial charge in [-0.25, -0.2) is 8.42 Å². The number of methoxy groups -OCH3 is 1. The monoisotopic (exact) mass is 284 g/mol. The van der Waals surface area contributed by atoms with Crippen molar-refractivity contribution in [2.24, 2.45) is 0 Å². The molecule has 1 aliphatic heterocycles. The molecular formula is C13H20N2O3S. The third-order valence-electron chi connectivity index (χ3n) is 3.48. The fraction of sp³-hybridized carbons (Fsp3) is 0.538. The van der Waals surface area contributed by atoms with Crippen LogP contribution in [-0.4, -0.2) is 41.0 Å². The summed E-state index contributed by atoms with van der Waals surface area (Å²) in [6, 6.07) is 4.92. The van der Waals surface area contributed by atoms with Crippen LogP contribution in [0.25, 0.3) is 0 Å². The number of anilines is 2. The summed E-state index contributed by atoms with van der Waals surface area (Å²) in [6.45, 7) is 1.71. The van der Waals surface area contributed by atoms with Crippen molar-refractivity contribution in [1.82, 2.24) is 0 Å². The van der Waals surface area contributed by atoms with Crippen LogP contribution in [0, 0.1) is 0 Å². The van der Waals surface area contributed by atoms with Gasteiger partial charge < -0.3 is 15.4 Å². The number of nitrogens with zero attached hydrogens (tertiary/aromatic N) is 1. The van der Waals surface area contributed by atoms with E-state index in [2.05, 4.69) is 4.90 Å². The number of nitrogen functional groups attached to an aromatic ring is 1. The van der Waals surface area contributed by atoms with Crippen LogP contribution in [0.15, 0.2) is 23.1 Å². The van der Waals surface area contributed by atoms with Crippen molar-refractivity contribution in [3.8, 4) is 0 Å². The van der Waals surface area contributed by atoms with E-state index in [0.717, 1.165) is 31.6 Å². The minimum Gasteiger partial charge on any atom is -0.397 e. The van der Waals surface area contributed by atoms with Crippen molar-refractivity contribution in [3.05, 3.63) is 18.2 Å². The first-order valence-electron chi connectivity index (χ1n) is 6.29. The van der Waals surface area contributed by atoms with Gasteiger partial charge in [-0.3, -0.25) is 0 Å². The highest BCUT2D eigenvalue weighted by Crippen LogP contribution is 2.29. The van der Waals surface area contributed by atoms with E-state index >= 15 is 0 Å². The predicted octanol–water partition coefficient (Wildman–Crippen LogP) is 1.29. The molecule has 5 nitrogen and oxygen atoms in total. The number of nitrogens with two attached hydrogens (primary N) is 1. The Morgan fingerprint density at radius 3 is 2.74 bits per heavy atom. The summed E-state index contributed by atoms with van der Waals surface area (Å²) in [5.74, 6) is 0. The minimum atomic E-state index is -3.21. The smallest absolute Gasteiger partial charge is 0.175 e. The van der Waals surface area contributed by atoms with E-state index in [1.165, 1.54) is 12.3 Å². The van der Waals surface area contributed by atoms with Gasteiger partial charge in [-0.05, 0) is 31.0 Å². The van der Waals surface area contributed by atoms with E-state index in [1.807, 2.05) is 0 Å². The Morgan fingerprint density at radius 1 is 1.42 bits per heavy atom. The van der Waals surface area contributed by atoms with Crippen LogP contribution in [0.3, 0.4) is 0 Å². The lowest BCUT2D eigenvalue weighted by molar-refractivity contribution is 0.0894. The Balaban J connectivity index is 2.26. The van der Waals surface area contributed by atoms with Crippen LogP contribution in [-0.2, 0) is 14.6 Å². The summed E-state index contributed by atoms with van der Waals surface area (Å²) in [7, 11) is -1.50. The molecule has 6 heteroatoms. The maximum atomic E-state index is 11.5. The van der Waals surface area contributed by atoms with Gasteiger partial charge in [0.25, 0.3) is 0 Å². The largest absolute Gasteiger partial charge is 0.397 e. The number of benzene rings is 1. The lowest BCUT2D eigenvalue weighted by Gasteiger charge is -2.34. The fourth-order valence-corrected chi connectivity index (χ4v) is 3.06. The number of hydrogen-bond donors (Lipinski definition) is 1. The van der Waals surface area contributed by atoms with Gasteiger partial charge >= 0.3 is 0 Å². The van der Waals surface area contributed by atoms with Gasteiger partial charge in [-0.1, -0.05) is 0 Å². The van der Waals surface area contributed by atoms with E-state index in [4.69, 9.17) is 10.5 Å². The summed E-state index contributed by atoms with van der Waals surface area (Å²) < 4.78 is 28.3. The normalized spacial score (nSPS) is 20.5. The van der Waals surface area contributed by atoms with Crippen molar-refractivity contribution in [3.63, 3.8) is 0 Å². The van der Waals surface area contributed by atoms with E-state index < -0.39 is 9.84 Å². The molecule has 0 amide bonds. The van der Waals surface area contributed by atoms with Gasteiger partial charge in [0.1, 0.15) is 0 Å². The first-order valence-corrected chi connectivity index (χ1v) is 8.18. The molecule has 19 heavy (non-hydrogen) atoms. The maximum absolute atomic E-state index is 11.5. The summed E-state index contributed by atoms with van der Waals surface area (Å²) in [5.41, 5.74) is 7.37. The first kappa shape index (κ1) is 14.1. The second kappa shape index (κ2) is 5.38. The van der Waals surface area contributed by atoms with E-state index in [-0.39, 0.29) is 11.0 Å². The van der Waals surface area contributed by atoms with Crippen LogP contribution >= 0.6 is 0 Å². The number of rotatable bonds is 3. The van der Waals surface area contributed by atoms with Crippen molar-refractivity contribution in [1.29, 1.82) is 0 Å². The highest BCUT2D eigenvalue weighted by atomic mass is 32.2. The molecule has 0 spiro atoms. The fourth-order valence-electron chi connectivity index (χ4n) is 2.40. The van der Waals surface area contributed by atoms with Gasteiger partial charge in [-0.2, -0.15) is 0 Å². The molecule has 1 aliphatic rings. The van der Waals surface area contributed by atoms with Crippen LogP contribution in [0.4, 0.5) is 11.4 Å². The Labute approximate surface area is 114 Å². The standard InChI is InChI=1S/C13H20N2O3S/c1-18-10-4-3-7-15(9-10)13-6-5-11(8-12(13)14)19(2,16)17/h5-6,8,10H,3-4,7,9,14H2,1-2H3. The second-order valence-electron chi connectivity index (χ2n) is 4.94. The van der Waals surface area contributed by atoms with Crippen molar-refractivity contribution < 1.29 is 13.2 Å². The second-order valence-corrected chi connectivity index (χ2v) is 6.95. The van der Waals surface area contributed by atoms with Gasteiger partial charge in [0.2, 0.25) is 0 Å². The summed E-state index contributed by atoms with van der Waals surface area (Å²) in [4.78, 5) is 2.41. The molecular weight excluding hydrogens is 264 g/mol. The molecule has 0 saturated carbocycles. The molecule has 2 N–H and O–H groups in total. The molecule has 2 rings (SSSR count). The van der Waals surface area contributed by atoms with Crippen molar-refractivity contribution >= 4 is 21.2 Å². The van der Waals surface area contributed by atoms with E-state index in [9.17, 15) is 8.42 Å². The quantitative estimate of drug-likeness (QED) is 0.847. The average molecular weight is 284 g/mol. The maximum Gasteiger partial charge on any atom is 0.175 e. The van der Waals surface area contributed by atoms with E-state index in [0.29, 0.717) is 5.69 Å². The Morgan fingerprint density at radius 2 is 2.16 bits per heavy atom. The third-order valence-corrected chi connectivity index (χ3v) is 4.59. The van der Waals surface area contributed by atoms with Crippen molar-refractivity contribution in [2.45, 2.75) is 23.8 Å². The number of ether oxygens (including phenoxy) is 1. The molecule has 0 aromatic heterocycles. The lowest BCUT2D eigenvalue weighted by atomic mass is 10.1. The number of hydrogen-bond acceptors (Lipinski definition) is 5. The number of sulfone groups is 1. The molecule has 1 fully saturated rings. The zero-order valence-corrected chi connectivity index (χ0v) is 12.1. The Kier molecular flexibility index (Phi) is 4.01. The minimum absolute atomic E-state index is 0.211. The summed E-state index contributed by atoms with van der Waals surface area (Å²) in [6.07, 6.45) is 3.49. The zero-order chi connectivity index (χ0) is 14.0. The van der Waals surface area contributed by atoms with Gasteiger partial charge in [0.15, 0.2) is 9.84 Å². The summed E-state index contributed by atoms with van der Waals surface area (Å²) >= 11 is 0. The molecule has 1 unspecified atom stereocenters. The molecule has 0 aliphatic carbocycles. The lowest BCUT2D eigenvalue weighted by Crippen LogP contribution is -2.39. The van der Waals surface area contributed by atoms with Crippen LogP contribution in [0.5, 0.6) is 0 Å². The van der Waals surface area contributed by atoms with Crippen LogP contribution in [0.2, 0.25) is 0 Å². The molecule has 1 atom stereocenters. The van der Waals surface area contributed by atoms with Crippen molar-refractivity contribution in [2.75, 3.05) is 37.1 Å². The molecule has 0 bridgehead atoms. The van der Waals surface area contributed by atoms with Gasteiger partial charge in [0, 0.05) is 26.5 Å². The zero-order valence-electron chi connectivity index (χ0n) is 11.3. The molecule has 0 radical (unpaired) electrons. The highest BCUT2D eigenvalue weighted by Gasteiger charge is 2.21. The number of piperidine rings is 1. The summed E-state index contributed by atoms with van der Waals surface area (Å²) in [5, 5.41) is 0. The SMILES string of the molecule is COC1CCCN(c2ccc(S(C)(=O)=O)cc2N)C1. The van der Waals surface area contributed by atoms with Gasteiger partial charge in [0.05, 0.1) is 22.4 Å². The van der Waals surface area contributed by atoms with Crippen LogP contribution < -0.4 is 10.6 Å². The average Bonchev–Trinajstić information content (AvgIpc) is 2.37. The molecule has 1 saturated heterocycles. The third kappa shape index (κ3) is 3.19. The Hall–Kier alpha value is -1.27. The van der Waals surface area contributed by atoms with Gasteiger partial charge in [-0.15, -0.1) is 0 Å². The molecule has 106 valence electrons. The van der Waals surface area contributed by atoms with Crippen LogP contribution in [0.1, 0.15) is 12.8 Å².